The van der Waals surface area contributed by atoms with Crippen LogP contribution in [0.3, 0.4) is 0 Å². The number of rotatable bonds is 2. The number of para-hydroxylation sites is 1. The summed E-state index contributed by atoms with van der Waals surface area (Å²) in [5, 5.41) is 1.73. The van der Waals surface area contributed by atoms with Crippen LogP contribution in [0.1, 0.15) is 0 Å². The van der Waals surface area contributed by atoms with Crippen molar-refractivity contribution in [3.63, 3.8) is 0 Å². The Morgan fingerprint density at radius 2 is 1.48 bits per heavy atom. The van der Waals surface area contributed by atoms with E-state index in [2.05, 4.69) is 15.0 Å². The van der Waals surface area contributed by atoms with Crippen molar-refractivity contribution < 1.29 is 0 Å². The second-order valence-electron chi connectivity index (χ2n) is 5.17. The molecule has 0 aliphatic carbocycles. The van der Waals surface area contributed by atoms with Gasteiger partial charge >= 0.3 is 0 Å². The van der Waals surface area contributed by atoms with E-state index in [4.69, 9.17) is 11.6 Å². The summed E-state index contributed by atoms with van der Waals surface area (Å²) < 4.78 is 0. The van der Waals surface area contributed by atoms with Crippen molar-refractivity contribution in [3.8, 4) is 22.8 Å². The third kappa shape index (κ3) is 2.79. The number of nitrogens with zero attached hydrogens (tertiary/aromatic N) is 3. The minimum atomic E-state index is 0.625. The van der Waals surface area contributed by atoms with Crippen molar-refractivity contribution in [2.24, 2.45) is 0 Å². The Bertz CT molecular complexity index is 981. The van der Waals surface area contributed by atoms with Crippen LogP contribution in [-0.4, -0.2) is 15.0 Å². The standard InChI is InChI=1S/C19H12ClN3/c20-15-10-8-13(9-11-15)16-6-3-7-18(22-16)19-21-12-14-4-1-2-5-17(14)23-19/h1-12H. The molecule has 0 radical (unpaired) electrons. The maximum Gasteiger partial charge on any atom is 0.178 e. The number of pyridine rings is 1. The lowest BCUT2D eigenvalue weighted by molar-refractivity contribution is 1.18. The summed E-state index contributed by atoms with van der Waals surface area (Å²) in [4.78, 5) is 13.7. The van der Waals surface area contributed by atoms with E-state index in [0.29, 0.717) is 10.8 Å². The number of hydrogen-bond acceptors (Lipinski definition) is 3. The number of hydrogen-bond donors (Lipinski definition) is 0. The van der Waals surface area contributed by atoms with Crippen molar-refractivity contribution in [2.75, 3.05) is 0 Å². The fourth-order valence-electron chi connectivity index (χ4n) is 2.44. The number of benzene rings is 2. The predicted molar refractivity (Wildman–Crippen MR) is 93.2 cm³/mol. The first-order valence-electron chi connectivity index (χ1n) is 7.25. The zero-order valence-corrected chi connectivity index (χ0v) is 12.9. The molecule has 0 unspecified atom stereocenters. The lowest BCUT2D eigenvalue weighted by Gasteiger charge is -2.05. The van der Waals surface area contributed by atoms with Gasteiger partial charge < -0.3 is 0 Å². The first-order chi connectivity index (χ1) is 11.3. The van der Waals surface area contributed by atoms with E-state index in [1.165, 1.54) is 0 Å². The Hall–Kier alpha value is -2.78. The van der Waals surface area contributed by atoms with Gasteiger partial charge in [0, 0.05) is 22.2 Å². The molecule has 110 valence electrons. The van der Waals surface area contributed by atoms with Crippen LogP contribution in [0.4, 0.5) is 0 Å². The summed E-state index contributed by atoms with van der Waals surface area (Å²) in [7, 11) is 0. The van der Waals surface area contributed by atoms with Crippen LogP contribution in [0.5, 0.6) is 0 Å². The highest BCUT2D eigenvalue weighted by atomic mass is 35.5. The Balaban J connectivity index is 1.79. The minimum absolute atomic E-state index is 0.625. The maximum absolute atomic E-state index is 5.94. The molecule has 0 spiro atoms. The van der Waals surface area contributed by atoms with Gasteiger partial charge in [0.2, 0.25) is 0 Å². The zero-order valence-electron chi connectivity index (χ0n) is 12.1. The molecule has 0 atom stereocenters. The lowest BCUT2D eigenvalue weighted by atomic mass is 10.1. The molecule has 0 aliphatic heterocycles. The highest BCUT2D eigenvalue weighted by molar-refractivity contribution is 6.30. The van der Waals surface area contributed by atoms with Crippen molar-refractivity contribution in [1.82, 2.24) is 15.0 Å². The van der Waals surface area contributed by atoms with Gasteiger partial charge in [-0.2, -0.15) is 0 Å². The Morgan fingerprint density at radius 3 is 2.35 bits per heavy atom. The van der Waals surface area contributed by atoms with Crippen LogP contribution in [0.15, 0.2) is 72.9 Å². The third-order valence-corrected chi connectivity index (χ3v) is 3.86. The first-order valence-corrected chi connectivity index (χ1v) is 7.62. The average Bonchev–Trinajstić information content (AvgIpc) is 2.62. The topological polar surface area (TPSA) is 38.7 Å². The van der Waals surface area contributed by atoms with Crippen molar-refractivity contribution in [2.45, 2.75) is 0 Å². The van der Waals surface area contributed by atoms with Gasteiger partial charge in [0.1, 0.15) is 5.69 Å². The van der Waals surface area contributed by atoms with Gasteiger partial charge in [-0.1, -0.05) is 48.0 Å². The molecule has 4 heteroatoms. The van der Waals surface area contributed by atoms with Crippen LogP contribution < -0.4 is 0 Å². The summed E-state index contributed by atoms with van der Waals surface area (Å²) in [6, 6.07) is 21.4. The quantitative estimate of drug-likeness (QED) is 0.521. The predicted octanol–water partition coefficient (Wildman–Crippen LogP) is 5.01. The molecule has 3 nitrogen and oxygen atoms in total. The van der Waals surface area contributed by atoms with Crippen molar-refractivity contribution in [3.05, 3.63) is 77.9 Å². The van der Waals surface area contributed by atoms with E-state index in [1.807, 2.05) is 72.9 Å². The molecule has 2 aromatic carbocycles. The monoisotopic (exact) mass is 317 g/mol. The van der Waals surface area contributed by atoms with Crippen molar-refractivity contribution in [1.29, 1.82) is 0 Å². The van der Waals surface area contributed by atoms with Crippen LogP contribution in [-0.2, 0) is 0 Å². The normalized spacial score (nSPS) is 10.8. The molecule has 0 N–H and O–H groups in total. The highest BCUT2D eigenvalue weighted by Crippen LogP contribution is 2.23. The molecule has 0 amide bonds. The summed E-state index contributed by atoms with van der Waals surface area (Å²) in [5.41, 5.74) is 3.55. The fourth-order valence-corrected chi connectivity index (χ4v) is 2.56. The van der Waals surface area contributed by atoms with E-state index in [-0.39, 0.29) is 0 Å². The molecule has 0 aliphatic rings. The molecule has 4 rings (SSSR count). The number of halogens is 1. The van der Waals surface area contributed by atoms with Gasteiger partial charge in [-0.3, -0.25) is 0 Å². The van der Waals surface area contributed by atoms with Gasteiger partial charge in [-0.15, -0.1) is 0 Å². The van der Waals surface area contributed by atoms with E-state index < -0.39 is 0 Å². The van der Waals surface area contributed by atoms with Crippen LogP contribution >= 0.6 is 11.6 Å². The molecule has 0 fully saturated rings. The molecule has 23 heavy (non-hydrogen) atoms. The fraction of sp³-hybridized carbons (Fsp3) is 0. The minimum Gasteiger partial charge on any atom is -0.244 e. The van der Waals surface area contributed by atoms with Crippen LogP contribution in [0, 0.1) is 0 Å². The SMILES string of the molecule is Clc1ccc(-c2cccc(-c3ncc4ccccc4n3)n2)cc1. The Morgan fingerprint density at radius 1 is 0.696 bits per heavy atom. The summed E-state index contributed by atoms with van der Waals surface area (Å²) in [5.74, 6) is 0.625. The van der Waals surface area contributed by atoms with E-state index >= 15 is 0 Å². The second-order valence-corrected chi connectivity index (χ2v) is 5.60. The van der Waals surface area contributed by atoms with Gasteiger partial charge in [0.05, 0.1) is 11.2 Å². The highest BCUT2D eigenvalue weighted by Gasteiger charge is 2.07. The molecular weight excluding hydrogens is 306 g/mol. The first kappa shape index (κ1) is 13.9. The zero-order chi connectivity index (χ0) is 15.6. The van der Waals surface area contributed by atoms with Crippen LogP contribution in [0.2, 0.25) is 5.02 Å². The number of aromatic nitrogens is 3. The Labute approximate surface area is 138 Å². The average molecular weight is 318 g/mol. The van der Waals surface area contributed by atoms with E-state index in [1.54, 1.807) is 0 Å². The lowest BCUT2D eigenvalue weighted by Crippen LogP contribution is -1.93. The van der Waals surface area contributed by atoms with Gasteiger partial charge in [-0.25, -0.2) is 15.0 Å². The maximum atomic E-state index is 5.94. The van der Waals surface area contributed by atoms with Gasteiger partial charge in [0.25, 0.3) is 0 Å². The van der Waals surface area contributed by atoms with Gasteiger partial charge in [-0.05, 0) is 30.3 Å². The molecule has 0 bridgehead atoms. The van der Waals surface area contributed by atoms with Crippen molar-refractivity contribution >= 4 is 22.5 Å². The number of fused-ring (bicyclic) bond motifs is 1. The largest absolute Gasteiger partial charge is 0.244 e. The molecule has 4 aromatic rings. The summed E-state index contributed by atoms with van der Waals surface area (Å²) >= 11 is 5.94. The smallest absolute Gasteiger partial charge is 0.178 e. The Kier molecular flexibility index (Phi) is 3.48. The molecule has 2 heterocycles. The molecule has 0 saturated heterocycles. The summed E-state index contributed by atoms with van der Waals surface area (Å²) in [6.07, 6.45) is 1.83. The molecular formula is C19H12ClN3. The van der Waals surface area contributed by atoms with E-state index in [0.717, 1.165) is 27.9 Å². The molecule has 2 aromatic heterocycles. The molecule has 0 saturated carbocycles. The second kappa shape index (κ2) is 5.78. The van der Waals surface area contributed by atoms with Gasteiger partial charge in [0.15, 0.2) is 5.82 Å². The van der Waals surface area contributed by atoms with Crippen LogP contribution in [0.25, 0.3) is 33.7 Å². The third-order valence-electron chi connectivity index (χ3n) is 3.61. The summed E-state index contributed by atoms with van der Waals surface area (Å²) in [6.45, 7) is 0. The van der Waals surface area contributed by atoms with E-state index in [9.17, 15) is 0 Å².